The van der Waals surface area contributed by atoms with E-state index in [1.807, 2.05) is 20.8 Å². The number of nitrogens with one attached hydrogen (secondary N) is 1. The third kappa shape index (κ3) is 4.34. The van der Waals surface area contributed by atoms with Gasteiger partial charge in [0.25, 0.3) is 0 Å². The summed E-state index contributed by atoms with van der Waals surface area (Å²) in [6.07, 6.45) is 1.73. The van der Waals surface area contributed by atoms with E-state index in [-0.39, 0.29) is 12.5 Å². The molecule has 0 aromatic carbocycles. The van der Waals surface area contributed by atoms with Crippen molar-refractivity contribution in [1.82, 2.24) is 14.9 Å². The molecule has 1 rings (SSSR count). The van der Waals surface area contributed by atoms with E-state index < -0.39 is 0 Å². The minimum Gasteiger partial charge on any atom is -0.361 e. The Bertz CT molecular complexity index is 461. The number of anilines is 1. The summed E-state index contributed by atoms with van der Waals surface area (Å²) < 4.78 is 0. The van der Waals surface area contributed by atoms with Crippen molar-refractivity contribution in [1.29, 1.82) is 0 Å². The van der Waals surface area contributed by atoms with Gasteiger partial charge in [-0.25, -0.2) is 9.97 Å². The molecule has 0 saturated carbocycles. The first-order chi connectivity index (χ1) is 9.53. The van der Waals surface area contributed by atoms with Gasteiger partial charge in [-0.3, -0.25) is 4.79 Å². The van der Waals surface area contributed by atoms with Crippen molar-refractivity contribution in [3.63, 3.8) is 0 Å². The van der Waals surface area contributed by atoms with Crippen molar-refractivity contribution < 1.29 is 4.79 Å². The first kappa shape index (κ1) is 16.7. The van der Waals surface area contributed by atoms with Crippen LogP contribution >= 0.6 is 11.6 Å². The Morgan fingerprint density at radius 1 is 1.25 bits per heavy atom. The Balaban J connectivity index is 2.79. The molecule has 0 aliphatic rings. The highest BCUT2D eigenvalue weighted by Gasteiger charge is 2.12. The molecular weight excluding hydrogens is 276 g/mol. The summed E-state index contributed by atoms with van der Waals surface area (Å²) >= 11 is 6.10. The van der Waals surface area contributed by atoms with Crippen molar-refractivity contribution in [2.45, 2.75) is 40.5 Å². The molecule has 1 heterocycles. The molecule has 1 N–H and O–H groups in total. The number of hydrogen-bond donors (Lipinski definition) is 1. The molecule has 0 radical (unpaired) electrons. The second-order valence-electron chi connectivity index (χ2n) is 4.57. The van der Waals surface area contributed by atoms with E-state index in [0.717, 1.165) is 18.4 Å². The van der Waals surface area contributed by atoms with Gasteiger partial charge in [-0.2, -0.15) is 0 Å². The number of carbonyl (C=O) groups is 1. The Morgan fingerprint density at radius 3 is 2.45 bits per heavy atom. The van der Waals surface area contributed by atoms with Gasteiger partial charge in [0.15, 0.2) is 0 Å². The zero-order valence-electron chi connectivity index (χ0n) is 12.7. The average molecular weight is 299 g/mol. The number of hydrogen-bond acceptors (Lipinski definition) is 4. The first-order valence-electron chi connectivity index (χ1n) is 7.08. The van der Waals surface area contributed by atoms with E-state index in [0.29, 0.717) is 29.9 Å². The monoisotopic (exact) mass is 298 g/mol. The topological polar surface area (TPSA) is 58.1 Å². The highest BCUT2D eigenvalue weighted by Crippen LogP contribution is 2.20. The molecule has 0 spiro atoms. The van der Waals surface area contributed by atoms with Gasteiger partial charge in [0.05, 0.1) is 6.54 Å². The summed E-state index contributed by atoms with van der Waals surface area (Å²) in [4.78, 5) is 22.4. The van der Waals surface area contributed by atoms with Crippen LogP contribution in [0.15, 0.2) is 0 Å². The van der Waals surface area contributed by atoms with Crippen molar-refractivity contribution in [3.8, 4) is 0 Å². The lowest BCUT2D eigenvalue weighted by Crippen LogP contribution is -2.35. The maximum atomic E-state index is 12.0. The highest BCUT2D eigenvalue weighted by atomic mass is 35.5. The lowest BCUT2D eigenvalue weighted by Gasteiger charge is -2.19. The molecule has 0 bridgehead atoms. The smallest absolute Gasteiger partial charge is 0.241 e. The van der Waals surface area contributed by atoms with E-state index in [9.17, 15) is 4.79 Å². The van der Waals surface area contributed by atoms with Crippen LogP contribution in [0.1, 0.15) is 38.6 Å². The van der Waals surface area contributed by atoms with Gasteiger partial charge in [-0.05, 0) is 27.2 Å². The number of likely N-dealkylation sites (N-methyl/N-ethyl adjacent to an activating group) is 1. The van der Waals surface area contributed by atoms with E-state index in [4.69, 9.17) is 11.6 Å². The third-order valence-electron chi connectivity index (χ3n) is 3.13. The number of aryl methyl sites for hydroxylation is 1. The molecule has 6 heteroatoms. The van der Waals surface area contributed by atoms with Crippen LogP contribution in [0.25, 0.3) is 0 Å². The van der Waals surface area contributed by atoms with Gasteiger partial charge in [-0.1, -0.05) is 18.5 Å². The number of rotatable bonds is 7. The molecule has 1 amide bonds. The highest BCUT2D eigenvalue weighted by molar-refractivity contribution is 6.30. The van der Waals surface area contributed by atoms with Crippen molar-refractivity contribution in [2.75, 3.05) is 25.0 Å². The Morgan fingerprint density at radius 2 is 1.90 bits per heavy atom. The number of carbonyl (C=O) groups excluding carboxylic acids is 1. The van der Waals surface area contributed by atoms with Crippen LogP contribution in [-0.2, 0) is 11.2 Å². The second-order valence-corrected chi connectivity index (χ2v) is 4.93. The largest absolute Gasteiger partial charge is 0.361 e. The van der Waals surface area contributed by atoms with E-state index >= 15 is 0 Å². The number of aromatic nitrogens is 2. The van der Waals surface area contributed by atoms with E-state index in [1.54, 1.807) is 4.90 Å². The van der Waals surface area contributed by atoms with Crippen LogP contribution in [0.4, 0.5) is 5.82 Å². The Kier molecular flexibility index (Phi) is 6.71. The standard InChI is InChI=1S/C14H23ClN4O/c1-5-8-11-17-13(15)10(4)14(18-11)16-9-12(20)19(6-2)7-3/h5-9H2,1-4H3,(H,16,17,18). The second kappa shape index (κ2) is 8.04. The average Bonchev–Trinajstić information content (AvgIpc) is 2.42. The molecule has 0 atom stereocenters. The van der Waals surface area contributed by atoms with Crippen molar-refractivity contribution in [2.24, 2.45) is 0 Å². The molecule has 0 aliphatic carbocycles. The number of amides is 1. The molecule has 0 aliphatic heterocycles. The Labute approximate surface area is 125 Å². The molecule has 0 fully saturated rings. The van der Waals surface area contributed by atoms with E-state index in [1.165, 1.54) is 0 Å². The molecule has 20 heavy (non-hydrogen) atoms. The number of nitrogens with zero attached hydrogens (tertiary/aromatic N) is 3. The van der Waals surface area contributed by atoms with Crippen LogP contribution in [0, 0.1) is 6.92 Å². The summed E-state index contributed by atoms with van der Waals surface area (Å²) in [6.45, 7) is 9.49. The summed E-state index contributed by atoms with van der Waals surface area (Å²) in [5.41, 5.74) is 0.777. The summed E-state index contributed by atoms with van der Waals surface area (Å²) in [6, 6.07) is 0. The van der Waals surface area contributed by atoms with Gasteiger partial charge >= 0.3 is 0 Å². The zero-order chi connectivity index (χ0) is 15.1. The van der Waals surface area contributed by atoms with Gasteiger partial charge in [-0.15, -0.1) is 0 Å². The van der Waals surface area contributed by atoms with Crippen LogP contribution in [-0.4, -0.2) is 40.4 Å². The van der Waals surface area contributed by atoms with Crippen molar-refractivity contribution in [3.05, 3.63) is 16.5 Å². The minimum absolute atomic E-state index is 0.0566. The van der Waals surface area contributed by atoms with Crippen LogP contribution in [0.3, 0.4) is 0 Å². The van der Waals surface area contributed by atoms with Crippen molar-refractivity contribution >= 4 is 23.3 Å². The van der Waals surface area contributed by atoms with Gasteiger partial charge in [0.1, 0.15) is 16.8 Å². The predicted molar refractivity (Wildman–Crippen MR) is 82.2 cm³/mol. The molecule has 112 valence electrons. The molecule has 0 saturated heterocycles. The molecule has 1 aromatic heterocycles. The number of halogens is 1. The van der Waals surface area contributed by atoms with Crippen LogP contribution in [0.2, 0.25) is 5.15 Å². The molecular formula is C14H23ClN4O. The third-order valence-corrected chi connectivity index (χ3v) is 3.50. The fraction of sp³-hybridized carbons (Fsp3) is 0.643. The first-order valence-corrected chi connectivity index (χ1v) is 7.45. The van der Waals surface area contributed by atoms with Crippen LogP contribution < -0.4 is 5.32 Å². The zero-order valence-corrected chi connectivity index (χ0v) is 13.4. The van der Waals surface area contributed by atoms with Gasteiger partial charge in [0.2, 0.25) is 5.91 Å². The lowest BCUT2D eigenvalue weighted by molar-refractivity contribution is -0.128. The van der Waals surface area contributed by atoms with E-state index in [2.05, 4.69) is 22.2 Å². The SMILES string of the molecule is CCCc1nc(Cl)c(C)c(NCC(=O)N(CC)CC)n1. The lowest BCUT2D eigenvalue weighted by atomic mass is 10.3. The molecule has 5 nitrogen and oxygen atoms in total. The quantitative estimate of drug-likeness (QED) is 0.786. The van der Waals surface area contributed by atoms with Crippen LogP contribution in [0.5, 0.6) is 0 Å². The predicted octanol–water partition coefficient (Wildman–Crippen LogP) is 2.67. The Hall–Kier alpha value is -1.36. The minimum atomic E-state index is 0.0566. The maximum absolute atomic E-state index is 12.0. The van der Waals surface area contributed by atoms with Gasteiger partial charge in [0, 0.05) is 25.1 Å². The summed E-state index contributed by atoms with van der Waals surface area (Å²) in [5, 5.41) is 3.52. The summed E-state index contributed by atoms with van der Waals surface area (Å²) in [5.74, 6) is 1.41. The molecule has 0 unspecified atom stereocenters. The maximum Gasteiger partial charge on any atom is 0.241 e. The normalized spacial score (nSPS) is 10.4. The fourth-order valence-electron chi connectivity index (χ4n) is 1.89. The fourth-order valence-corrected chi connectivity index (χ4v) is 2.07. The van der Waals surface area contributed by atoms with Gasteiger partial charge < -0.3 is 10.2 Å². The molecule has 1 aromatic rings. The summed E-state index contributed by atoms with van der Waals surface area (Å²) in [7, 11) is 0.